The van der Waals surface area contributed by atoms with Crippen LogP contribution < -0.4 is 16.4 Å². The van der Waals surface area contributed by atoms with Gasteiger partial charge in [0.15, 0.2) is 5.69 Å². The van der Waals surface area contributed by atoms with Crippen molar-refractivity contribution in [3.05, 3.63) is 82.9 Å². The Hall–Kier alpha value is -3.73. The van der Waals surface area contributed by atoms with E-state index in [9.17, 15) is 27.2 Å². The highest BCUT2D eigenvalue weighted by molar-refractivity contribution is 5.93. The van der Waals surface area contributed by atoms with Crippen molar-refractivity contribution in [1.29, 1.82) is 0 Å². The smallest absolute Gasteiger partial charge is 0.351 e. The van der Waals surface area contributed by atoms with Crippen molar-refractivity contribution in [1.82, 2.24) is 20.4 Å². The number of carbonyl (C=O) groups excluding carboxylic acids is 2. The van der Waals surface area contributed by atoms with Crippen molar-refractivity contribution < 1.29 is 27.2 Å². The van der Waals surface area contributed by atoms with Crippen LogP contribution in [0.15, 0.2) is 54.6 Å². The van der Waals surface area contributed by atoms with Crippen LogP contribution in [0.2, 0.25) is 0 Å². The summed E-state index contributed by atoms with van der Waals surface area (Å²) in [5, 5.41) is 8.65. The highest BCUT2D eigenvalue weighted by Gasteiger charge is 2.36. The number of alkyl halides is 3. The monoisotopic (exact) mass is 463 g/mol. The third kappa shape index (κ3) is 6.16. The second-order valence-corrected chi connectivity index (χ2v) is 7.31. The van der Waals surface area contributed by atoms with Gasteiger partial charge in [-0.3, -0.25) is 9.59 Å². The van der Waals surface area contributed by atoms with Crippen LogP contribution >= 0.6 is 0 Å². The molecule has 2 amide bonds. The van der Waals surface area contributed by atoms with Gasteiger partial charge < -0.3 is 16.4 Å². The molecular weight excluding hydrogens is 442 g/mol. The molecule has 0 radical (unpaired) electrons. The molecule has 1 aromatic heterocycles. The van der Waals surface area contributed by atoms with Crippen molar-refractivity contribution in [2.75, 3.05) is 0 Å². The Labute approximate surface area is 186 Å². The number of aromatic nitrogens is 2. The third-order valence-corrected chi connectivity index (χ3v) is 4.61. The van der Waals surface area contributed by atoms with Gasteiger partial charge in [0.25, 0.3) is 5.91 Å². The van der Waals surface area contributed by atoms with E-state index in [1.165, 1.54) is 37.3 Å². The molecule has 0 aliphatic carbocycles. The summed E-state index contributed by atoms with van der Waals surface area (Å²) in [6.45, 7) is 1.51. The zero-order chi connectivity index (χ0) is 24.2. The number of hydrogen-bond donors (Lipinski definition) is 3. The fourth-order valence-corrected chi connectivity index (χ4v) is 2.95. The van der Waals surface area contributed by atoms with Crippen molar-refractivity contribution in [2.24, 2.45) is 5.73 Å². The molecule has 0 saturated carbocycles. The van der Waals surface area contributed by atoms with Crippen LogP contribution in [-0.2, 0) is 24.1 Å². The van der Waals surface area contributed by atoms with Gasteiger partial charge in [-0.25, -0.2) is 9.07 Å². The molecule has 3 aromatic rings. The zero-order valence-electron chi connectivity index (χ0n) is 17.5. The van der Waals surface area contributed by atoms with Crippen molar-refractivity contribution in [3.8, 4) is 5.69 Å². The van der Waals surface area contributed by atoms with Gasteiger partial charge in [0, 0.05) is 19.2 Å². The summed E-state index contributed by atoms with van der Waals surface area (Å²) in [6, 6.07) is 11.6. The predicted molar refractivity (Wildman–Crippen MR) is 112 cm³/mol. The lowest BCUT2D eigenvalue weighted by Gasteiger charge is -2.11. The molecule has 0 aliphatic rings. The van der Waals surface area contributed by atoms with E-state index in [2.05, 4.69) is 15.7 Å². The molecule has 3 rings (SSSR count). The Morgan fingerprint density at radius 1 is 1.03 bits per heavy atom. The van der Waals surface area contributed by atoms with Crippen LogP contribution in [0.1, 0.15) is 34.2 Å². The average molecular weight is 463 g/mol. The van der Waals surface area contributed by atoms with E-state index in [-0.39, 0.29) is 24.5 Å². The van der Waals surface area contributed by atoms with E-state index in [4.69, 9.17) is 5.73 Å². The molecule has 0 spiro atoms. The van der Waals surface area contributed by atoms with Crippen molar-refractivity contribution in [3.63, 3.8) is 0 Å². The SMILES string of the molecule is C[C@H](N)C(=O)NCc1cccc(-n2nc(C(F)(F)F)cc2C(=O)NCc2cccc(F)c2)c1. The van der Waals surface area contributed by atoms with Gasteiger partial charge in [-0.2, -0.15) is 18.3 Å². The Morgan fingerprint density at radius 2 is 1.67 bits per heavy atom. The largest absolute Gasteiger partial charge is 0.435 e. The number of halogens is 4. The third-order valence-electron chi connectivity index (χ3n) is 4.61. The fraction of sp³-hybridized carbons (Fsp3) is 0.227. The number of nitrogens with one attached hydrogen (secondary N) is 2. The second-order valence-electron chi connectivity index (χ2n) is 7.31. The van der Waals surface area contributed by atoms with Gasteiger partial charge >= 0.3 is 6.18 Å². The number of rotatable bonds is 7. The summed E-state index contributed by atoms with van der Waals surface area (Å²) >= 11 is 0. The van der Waals surface area contributed by atoms with Crippen LogP contribution in [0.5, 0.6) is 0 Å². The predicted octanol–water partition coefficient (Wildman–Crippen LogP) is 2.92. The molecular formula is C22H21F4N5O2. The minimum Gasteiger partial charge on any atom is -0.351 e. The number of benzene rings is 2. The normalized spacial score (nSPS) is 12.3. The summed E-state index contributed by atoms with van der Waals surface area (Å²) in [4.78, 5) is 24.4. The van der Waals surface area contributed by atoms with Crippen LogP contribution in [0.3, 0.4) is 0 Å². The molecule has 0 aliphatic heterocycles. The molecule has 0 unspecified atom stereocenters. The first kappa shape index (κ1) is 23.9. The summed E-state index contributed by atoms with van der Waals surface area (Å²) in [6.07, 6.45) is -4.77. The molecule has 0 fully saturated rings. The topological polar surface area (TPSA) is 102 Å². The number of nitrogens with two attached hydrogens (primary N) is 1. The quantitative estimate of drug-likeness (QED) is 0.469. The van der Waals surface area contributed by atoms with Crippen LogP contribution in [-0.4, -0.2) is 27.6 Å². The summed E-state index contributed by atoms with van der Waals surface area (Å²) < 4.78 is 54.2. The lowest BCUT2D eigenvalue weighted by Crippen LogP contribution is -2.37. The molecule has 4 N–H and O–H groups in total. The van der Waals surface area contributed by atoms with Crippen LogP contribution in [0.4, 0.5) is 17.6 Å². The number of carbonyl (C=O) groups is 2. The second kappa shape index (κ2) is 9.82. The molecule has 33 heavy (non-hydrogen) atoms. The Morgan fingerprint density at radius 3 is 2.30 bits per heavy atom. The van der Waals surface area contributed by atoms with Crippen molar-refractivity contribution in [2.45, 2.75) is 32.2 Å². The molecule has 0 saturated heterocycles. The van der Waals surface area contributed by atoms with Gasteiger partial charge in [0.1, 0.15) is 11.5 Å². The Bertz CT molecular complexity index is 1160. The molecule has 11 heteroatoms. The lowest BCUT2D eigenvalue weighted by molar-refractivity contribution is -0.141. The van der Waals surface area contributed by atoms with Crippen molar-refractivity contribution >= 4 is 11.8 Å². The standard InChI is InChI=1S/C22H21F4N5O2/c1-13(27)20(32)28-12-15-5-3-7-17(9-15)31-18(10-19(30-31)22(24,25)26)21(33)29-11-14-4-2-6-16(23)8-14/h2-10,13H,11-12,27H2,1H3,(H,28,32)(H,29,33)/t13-/m0/s1. The van der Waals surface area contributed by atoms with Crippen LogP contribution in [0.25, 0.3) is 5.69 Å². The fourth-order valence-electron chi connectivity index (χ4n) is 2.95. The average Bonchev–Trinajstić information content (AvgIpc) is 3.22. The van der Waals surface area contributed by atoms with E-state index in [1.54, 1.807) is 18.2 Å². The summed E-state index contributed by atoms with van der Waals surface area (Å²) in [5.41, 5.74) is 5.10. The molecule has 7 nitrogen and oxygen atoms in total. The van der Waals surface area contributed by atoms with Gasteiger partial charge in [-0.15, -0.1) is 0 Å². The van der Waals surface area contributed by atoms with E-state index in [0.717, 1.165) is 4.68 Å². The summed E-state index contributed by atoms with van der Waals surface area (Å²) in [7, 11) is 0. The van der Waals surface area contributed by atoms with E-state index in [0.29, 0.717) is 17.2 Å². The molecule has 0 bridgehead atoms. The maximum absolute atomic E-state index is 13.3. The molecule has 1 atom stereocenters. The Kier molecular flexibility index (Phi) is 7.12. The van der Waals surface area contributed by atoms with Crippen LogP contribution in [0, 0.1) is 5.82 Å². The highest BCUT2D eigenvalue weighted by atomic mass is 19.4. The zero-order valence-corrected chi connectivity index (χ0v) is 17.5. The first-order valence-electron chi connectivity index (χ1n) is 9.87. The molecule has 174 valence electrons. The van der Waals surface area contributed by atoms with Gasteiger partial charge in [0.05, 0.1) is 11.7 Å². The number of hydrogen-bond acceptors (Lipinski definition) is 4. The first-order valence-corrected chi connectivity index (χ1v) is 9.87. The van der Waals surface area contributed by atoms with Gasteiger partial charge in [-0.1, -0.05) is 24.3 Å². The Balaban J connectivity index is 1.88. The minimum absolute atomic E-state index is 0.0860. The van der Waals surface area contributed by atoms with Gasteiger partial charge in [-0.05, 0) is 42.3 Å². The number of nitrogens with zero attached hydrogens (tertiary/aromatic N) is 2. The van der Waals surface area contributed by atoms with Gasteiger partial charge in [0.2, 0.25) is 5.91 Å². The molecule has 1 heterocycles. The summed E-state index contributed by atoms with van der Waals surface area (Å²) in [5.74, 6) is -1.71. The maximum Gasteiger partial charge on any atom is 0.435 e. The maximum atomic E-state index is 13.3. The van der Waals surface area contributed by atoms with E-state index in [1.807, 2.05) is 0 Å². The lowest BCUT2D eigenvalue weighted by atomic mass is 10.2. The van der Waals surface area contributed by atoms with E-state index >= 15 is 0 Å². The molecule has 2 aromatic carbocycles. The first-order chi connectivity index (χ1) is 15.5. The minimum atomic E-state index is -4.77. The number of amides is 2. The van der Waals surface area contributed by atoms with E-state index < -0.39 is 35.5 Å². The highest BCUT2D eigenvalue weighted by Crippen LogP contribution is 2.29.